The summed E-state index contributed by atoms with van der Waals surface area (Å²) in [4.78, 5) is 0. The lowest BCUT2D eigenvalue weighted by Gasteiger charge is -2.36. The molecule has 0 saturated heterocycles. The van der Waals surface area contributed by atoms with Crippen molar-refractivity contribution in [2.75, 3.05) is 0 Å². The van der Waals surface area contributed by atoms with E-state index in [1.807, 2.05) is 19.4 Å². The van der Waals surface area contributed by atoms with Crippen molar-refractivity contribution >= 4 is 11.1 Å². The van der Waals surface area contributed by atoms with Crippen molar-refractivity contribution in [3.05, 3.63) is 96.2 Å². The highest BCUT2D eigenvalue weighted by atomic mass is 14.5. The molecule has 0 amide bonds. The Balaban J connectivity index is 0.000000308. The molecular weight excluding hydrogens is 528 g/mol. The van der Waals surface area contributed by atoms with Crippen molar-refractivity contribution in [1.82, 2.24) is 0 Å². The van der Waals surface area contributed by atoms with E-state index in [1.54, 1.807) is 5.57 Å². The molecule has 0 aliphatic heterocycles. The van der Waals surface area contributed by atoms with Gasteiger partial charge in [0, 0.05) is 0 Å². The standard InChI is InChI=1S/C30H44.C12H16.C2H6/c1-11-29(30(8,9)10)23(7)28-19-24(18-27(28)21(4)5)13-12-22(6)26-16-14-25(15-17-26)20(2)3;1-8-3-2-4-9-5-6-10-7-11(10)12(8)9;1-2/h14-17,24,27-29H,2,4,6-7,11-13,18-19H2,1,3,5,8-10H3;5-6,8,10-11H,2-4,7H2,1H3;1-2H3/t24-,27-,28?,29+;8-,10+,11?;/m01./s1. The summed E-state index contributed by atoms with van der Waals surface area (Å²) in [6, 6.07) is 8.70. The minimum absolute atomic E-state index is 0.272. The SMILES string of the molecule is C=C(C)c1ccc(C(=C)CC[C@@H]2CC(C(=C)[C@@H](CC)C(C)(C)C)[C@H](C(=C)C)C2)cc1.CC.C[C@@H]1CCCC2=C1C1C[C@@H]1C=C2. The second kappa shape index (κ2) is 15.8. The van der Waals surface area contributed by atoms with Crippen molar-refractivity contribution in [2.45, 2.75) is 120 Å². The first kappa shape index (κ1) is 36.1. The minimum Gasteiger partial charge on any atom is -0.0998 e. The van der Waals surface area contributed by atoms with Crippen LogP contribution >= 0.6 is 0 Å². The Hall–Kier alpha value is -2.34. The number of allylic oxidation sites excluding steroid dienone is 8. The van der Waals surface area contributed by atoms with Crippen LogP contribution in [0.3, 0.4) is 0 Å². The van der Waals surface area contributed by atoms with E-state index in [9.17, 15) is 0 Å². The maximum absolute atomic E-state index is 4.64. The first-order chi connectivity index (χ1) is 20.8. The van der Waals surface area contributed by atoms with Crippen molar-refractivity contribution < 1.29 is 0 Å². The molecule has 0 spiro atoms. The van der Waals surface area contributed by atoms with E-state index < -0.39 is 0 Å². The zero-order chi connectivity index (χ0) is 32.8. The number of rotatable bonds is 9. The summed E-state index contributed by atoms with van der Waals surface area (Å²) in [7, 11) is 0. The van der Waals surface area contributed by atoms with Crippen molar-refractivity contribution in [3.63, 3.8) is 0 Å². The van der Waals surface area contributed by atoms with Gasteiger partial charge in [-0.15, -0.1) is 0 Å². The molecule has 0 aromatic heterocycles. The number of fused-ring (bicyclic) bond motifs is 2. The first-order valence-corrected chi connectivity index (χ1v) is 18.0. The van der Waals surface area contributed by atoms with E-state index in [0.717, 1.165) is 35.7 Å². The molecule has 1 aromatic rings. The molecule has 5 rings (SSSR count). The molecule has 2 fully saturated rings. The molecule has 242 valence electrons. The molecule has 44 heavy (non-hydrogen) atoms. The van der Waals surface area contributed by atoms with Gasteiger partial charge >= 0.3 is 0 Å². The average molecular weight is 595 g/mol. The summed E-state index contributed by atoms with van der Waals surface area (Å²) in [5.74, 6) is 5.31. The van der Waals surface area contributed by atoms with E-state index in [2.05, 4.69) is 111 Å². The number of hydrogen-bond donors (Lipinski definition) is 0. The zero-order valence-electron chi connectivity index (χ0n) is 30.2. The van der Waals surface area contributed by atoms with Gasteiger partial charge in [0.2, 0.25) is 0 Å². The molecule has 2 unspecified atom stereocenters. The van der Waals surface area contributed by atoms with Gasteiger partial charge in [-0.3, -0.25) is 0 Å². The molecule has 2 saturated carbocycles. The molecule has 0 N–H and O–H groups in total. The summed E-state index contributed by atoms with van der Waals surface area (Å²) in [5, 5.41) is 0. The predicted octanol–water partition coefficient (Wildman–Crippen LogP) is 13.7. The quantitative estimate of drug-likeness (QED) is 0.249. The van der Waals surface area contributed by atoms with Gasteiger partial charge in [0.15, 0.2) is 0 Å². The van der Waals surface area contributed by atoms with E-state index in [1.165, 1.54) is 79.2 Å². The van der Waals surface area contributed by atoms with Crippen LogP contribution in [0.2, 0.25) is 0 Å². The fraction of sp³-hybridized carbons (Fsp3) is 0.591. The Morgan fingerprint density at radius 3 is 2.09 bits per heavy atom. The van der Waals surface area contributed by atoms with Crippen LogP contribution in [-0.4, -0.2) is 0 Å². The highest BCUT2D eigenvalue weighted by Crippen LogP contribution is 2.54. The largest absolute Gasteiger partial charge is 0.0998 e. The fourth-order valence-electron chi connectivity index (χ4n) is 8.56. The van der Waals surface area contributed by atoms with Gasteiger partial charge in [-0.05, 0) is 141 Å². The van der Waals surface area contributed by atoms with E-state index in [4.69, 9.17) is 0 Å². The summed E-state index contributed by atoms with van der Waals surface area (Å²) < 4.78 is 0. The smallest absolute Gasteiger partial charge is 0.0126 e. The van der Waals surface area contributed by atoms with Crippen LogP contribution in [0, 0.1) is 46.8 Å². The highest BCUT2D eigenvalue weighted by Gasteiger charge is 2.43. The molecule has 0 heterocycles. The average Bonchev–Trinajstić information content (AvgIpc) is 3.66. The van der Waals surface area contributed by atoms with E-state index >= 15 is 0 Å². The first-order valence-electron chi connectivity index (χ1n) is 18.0. The van der Waals surface area contributed by atoms with Gasteiger partial charge in [-0.1, -0.05) is 133 Å². The Kier molecular flexibility index (Phi) is 13.0. The van der Waals surface area contributed by atoms with Crippen LogP contribution < -0.4 is 0 Å². The van der Waals surface area contributed by atoms with Crippen molar-refractivity contribution in [2.24, 2.45) is 46.8 Å². The van der Waals surface area contributed by atoms with Gasteiger partial charge in [0.1, 0.15) is 0 Å². The molecule has 0 nitrogen and oxygen atoms in total. The summed E-state index contributed by atoms with van der Waals surface area (Å²) in [5.41, 5.74) is 11.4. The summed E-state index contributed by atoms with van der Waals surface area (Å²) in [6.07, 6.45) is 16.5. The Morgan fingerprint density at radius 2 is 1.52 bits per heavy atom. The zero-order valence-corrected chi connectivity index (χ0v) is 30.2. The predicted molar refractivity (Wildman–Crippen MR) is 198 cm³/mol. The number of benzene rings is 1. The van der Waals surface area contributed by atoms with Crippen LogP contribution in [-0.2, 0) is 0 Å². The lowest BCUT2D eigenvalue weighted by atomic mass is 9.69. The molecule has 0 radical (unpaired) electrons. The maximum atomic E-state index is 4.64. The minimum atomic E-state index is 0.272. The molecule has 0 heteroatoms. The van der Waals surface area contributed by atoms with Crippen LogP contribution in [0.15, 0.2) is 85.0 Å². The lowest BCUT2D eigenvalue weighted by Crippen LogP contribution is -2.26. The molecular formula is C44H66. The molecule has 4 aliphatic carbocycles. The molecule has 4 aliphatic rings. The second-order valence-corrected chi connectivity index (χ2v) is 15.4. The summed E-state index contributed by atoms with van der Waals surface area (Å²) >= 11 is 0. The normalized spacial score (nSPS) is 27.5. The highest BCUT2D eigenvalue weighted by molar-refractivity contribution is 5.67. The van der Waals surface area contributed by atoms with Gasteiger partial charge in [-0.25, -0.2) is 0 Å². The third-order valence-electron chi connectivity index (χ3n) is 11.1. The van der Waals surface area contributed by atoms with Gasteiger partial charge in [-0.2, -0.15) is 0 Å². The molecule has 1 aromatic carbocycles. The number of hydrogen-bond acceptors (Lipinski definition) is 0. The van der Waals surface area contributed by atoms with E-state index in [0.29, 0.717) is 17.8 Å². The van der Waals surface area contributed by atoms with Gasteiger partial charge in [0.05, 0.1) is 0 Å². The lowest BCUT2D eigenvalue weighted by molar-refractivity contribution is 0.246. The maximum Gasteiger partial charge on any atom is -0.0126 e. The fourth-order valence-corrected chi connectivity index (χ4v) is 8.56. The summed E-state index contributed by atoms with van der Waals surface area (Å²) in [6.45, 7) is 37.5. The Morgan fingerprint density at radius 1 is 0.909 bits per heavy atom. The van der Waals surface area contributed by atoms with Crippen molar-refractivity contribution in [1.29, 1.82) is 0 Å². The van der Waals surface area contributed by atoms with Gasteiger partial charge in [0.25, 0.3) is 0 Å². The Labute approximate surface area is 273 Å². The third kappa shape index (κ3) is 8.89. The van der Waals surface area contributed by atoms with Gasteiger partial charge < -0.3 is 0 Å². The van der Waals surface area contributed by atoms with Crippen LogP contribution in [0.4, 0.5) is 0 Å². The van der Waals surface area contributed by atoms with Crippen LogP contribution in [0.25, 0.3) is 11.1 Å². The molecule has 7 atom stereocenters. The molecule has 0 bridgehead atoms. The van der Waals surface area contributed by atoms with Crippen molar-refractivity contribution in [3.8, 4) is 0 Å². The Bertz CT molecular complexity index is 1220. The third-order valence-corrected chi connectivity index (χ3v) is 11.1. The van der Waals surface area contributed by atoms with E-state index in [-0.39, 0.29) is 5.41 Å². The van der Waals surface area contributed by atoms with Crippen LogP contribution in [0.1, 0.15) is 131 Å². The second-order valence-electron chi connectivity index (χ2n) is 15.4. The van der Waals surface area contributed by atoms with Crippen LogP contribution in [0.5, 0.6) is 0 Å². The monoisotopic (exact) mass is 595 g/mol. The topological polar surface area (TPSA) is 0 Å².